The summed E-state index contributed by atoms with van der Waals surface area (Å²) in [6.45, 7) is 3.87. The van der Waals surface area contributed by atoms with E-state index in [9.17, 15) is 0 Å². The molecule has 1 aromatic carbocycles. The molecule has 0 aliphatic heterocycles. The van der Waals surface area contributed by atoms with E-state index in [0.29, 0.717) is 0 Å². The van der Waals surface area contributed by atoms with E-state index in [1.54, 1.807) is 10.9 Å². The summed E-state index contributed by atoms with van der Waals surface area (Å²) in [7, 11) is 0. The maximum Gasteiger partial charge on any atom is 0.0697 e. The lowest BCUT2D eigenvalue weighted by Crippen LogP contribution is -2.05. The number of aromatic nitrogens is 5. The fourth-order valence-electron chi connectivity index (χ4n) is 2.16. The first-order valence-corrected chi connectivity index (χ1v) is 7.07. The van der Waals surface area contributed by atoms with Crippen LogP contribution in [0, 0.1) is 0 Å². The first-order chi connectivity index (χ1) is 10.3. The molecule has 0 radical (unpaired) electrons. The minimum Gasteiger partial charge on any atom is -0.385 e. The number of nitrogens with zero attached hydrogens (tertiary/aromatic N) is 5. The van der Waals surface area contributed by atoms with Crippen LogP contribution < -0.4 is 5.32 Å². The van der Waals surface area contributed by atoms with Crippen LogP contribution in [-0.4, -0.2) is 31.3 Å². The van der Waals surface area contributed by atoms with E-state index >= 15 is 0 Å². The zero-order chi connectivity index (χ0) is 14.5. The fourth-order valence-corrected chi connectivity index (χ4v) is 2.16. The molecule has 3 aromatic rings. The third-order valence-electron chi connectivity index (χ3n) is 3.29. The van der Waals surface area contributed by atoms with E-state index < -0.39 is 0 Å². The van der Waals surface area contributed by atoms with Gasteiger partial charge in [-0.15, -0.1) is 5.10 Å². The van der Waals surface area contributed by atoms with Gasteiger partial charge in [0.1, 0.15) is 0 Å². The molecule has 2 aromatic heterocycles. The minimum atomic E-state index is 0.871. The first-order valence-electron chi connectivity index (χ1n) is 7.07. The molecule has 6 nitrogen and oxygen atoms in total. The van der Waals surface area contributed by atoms with Gasteiger partial charge in [0.05, 0.1) is 24.3 Å². The number of aryl methyl sites for hydroxylation is 1. The lowest BCUT2D eigenvalue weighted by atomic mass is 10.2. The quantitative estimate of drug-likeness (QED) is 0.752. The highest BCUT2D eigenvalue weighted by atomic mass is 15.4. The van der Waals surface area contributed by atoms with Crippen molar-refractivity contribution in [3.8, 4) is 5.69 Å². The number of benzene rings is 1. The molecule has 6 heteroatoms. The Hall–Kier alpha value is -2.63. The highest BCUT2D eigenvalue weighted by Crippen LogP contribution is 2.13. The van der Waals surface area contributed by atoms with Crippen LogP contribution in [0.5, 0.6) is 0 Å². The van der Waals surface area contributed by atoms with Gasteiger partial charge in [-0.3, -0.25) is 4.68 Å². The third kappa shape index (κ3) is 3.28. The van der Waals surface area contributed by atoms with Crippen molar-refractivity contribution < 1.29 is 0 Å². The lowest BCUT2D eigenvalue weighted by Gasteiger charge is -2.07. The molecule has 0 unspecified atom stereocenters. The molecule has 0 aliphatic rings. The van der Waals surface area contributed by atoms with Crippen LogP contribution in [-0.2, 0) is 13.0 Å². The van der Waals surface area contributed by atoms with Crippen molar-refractivity contribution in [2.24, 2.45) is 0 Å². The molecule has 0 saturated carbocycles. The zero-order valence-electron chi connectivity index (χ0n) is 12.0. The van der Waals surface area contributed by atoms with E-state index in [1.807, 2.05) is 29.2 Å². The van der Waals surface area contributed by atoms with Gasteiger partial charge in [-0.1, -0.05) is 11.3 Å². The Kier molecular flexibility index (Phi) is 3.95. The Morgan fingerprint density at radius 1 is 1.29 bits per heavy atom. The first kappa shape index (κ1) is 13.4. The molecule has 1 N–H and O–H groups in total. The third-order valence-corrected chi connectivity index (χ3v) is 3.29. The summed E-state index contributed by atoms with van der Waals surface area (Å²) in [5.41, 5.74) is 3.32. The number of rotatable bonds is 6. The van der Waals surface area contributed by atoms with Gasteiger partial charge in [-0.2, -0.15) is 5.10 Å². The fraction of sp³-hybridized carbons (Fsp3) is 0.267. The molecule has 108 valence electrons. The average Bonchev–Trinajstić information content (AvgIpc) is 3.19. The predicted octanol–water partition coefficient (Wildman–Crippen LogP) is 2.14. The normalized spacial score (nSPS) is 10.7. The molecule has 0 fully saturated rings. The second kappa shape index (κ2) is 6.21. The number of hydrogen-bond donors (Lipinski definition) is 1. The van der Waals surface area contributed by atoms with Crippen LogP contribution in [0.25, 0.3) is 5.69 Å². The average molecular weight is 282 g/mol. The Bertz CT molecular complexity index is 686. The van der Waals surface area contributed by atoms with Crippen LogP contribution >= 0.6 is 0 Å². The van der Waals surface area contributed by atoms with Gasteiger partial charge in [0, 0.05) is 25.0 Å². The van der Waals surface area contributed by atoms with Crippen molar-refractivity contribution >= 4 is 5.69 Å². The minimum absolute atomic E-state index is 0.871. The monoisotopic (exact) mass is 282 g/mol. The molecule has 0 spiro atoms. The molecule has 0 amide bonds. The smallest absolute Gasteiger partial charge is 0.0697 e. The van der Waals surface area contributed by atoms with E-state index in [0.717, 1.165) is 30.9 Å². The van der Waals surface area contributed by atoms with Crippen molar-refractivity contribution in [2.75, 3.05) is 11.9 Å². The zero-order valence-corrected chi connectivity index (χ0v) is 12.0. The summed E-state index contributed by atoms with van der Waals surface area (Å²) in [5, 5.41) is 15.5. The van der Waals surface area contributed by atoms with Gasteiger partial charge in [0.2, 0.25) is 0 Å². The summed E-state index contributed by atoms with van der Waals surface area (Å²) in [6, 6.07) is 8.12. The Labute approximate surface area is 123 Å². The summed E-state index contributed by atoms with van der Waals surface area (Å²) in [5.74, 6) is 0. The molecule has 3 rings (SSSR count). The van der Waals surface area contributed by atoms with Gasteiger partial charge < -0.3 is 5.32 Å². The molecular formula is C15H18N6. The highest BCUT2D eigenvalue weighted by Gasteiger charge is 2.00. The van der Waals surface area contributed by atoms with Crippen molar-refractivity contribution in [3.63, 3.8) is 0 Å². The van der Waals surface area contributed by atoms with Crippen molar-refractivity contribution in [1.29, 1.82) is 0 Å². The van der Waals surface area contributed by atoms with Crippen molar-refractivity contribution in [2.45, 2.75) is 19.9 Å². The Morgan fingerprint density at radius 3 is 3.00 bits per heavy atom. The van der Waals surface area contributed by atoms with Gasteiger partial charge in [0.25, 0.3) is 0 Å². The summed E-state index contributed by atoms with van der Waals surface area (Å²) in [4.78, 5) is 0. The lowest BCUT2D eigenvalue weighted by molar-refractivity contribution is 0.659. The molecule has 0 aliphatic carbocycles. The summed E-state index contributed by atoms with van der Waals surface area (Å²) in [6.07, 6.45) is 8.47. The van der Waals surface area contributed by atoms with Crippen LogP contribution in [0.2, 0.25) is 0 Å². The molecule has 0 saturated heterocycles. The van der Waals surface area contributed by atoms with Gasteiger partial charge in [0.15, 0.2) is 0 Å². The Balaban J connectivity index is 1.59. The second-order valence-electron chi connectivity index (χ2n) is 4.78. The van der Waals surface area contributed by atoms with Gasteiger partial charge in [-0.05, 0) is 37.1 Å². The summed E-state index contributed by atoms with van der Waals surface area (Å²) >= 11 is 0. The SMILES string of the molecule is CCn1cc(CCNc2cccc(-n3ccnn3)c2)cn1. The van der Waals surface area contributed by atoms with Crippen LogP contribution in [0.1, 0.15) is 12.5 Å². The number of hydrogen-bond acceptors (Lipinski definition) is 4. The number of anilines is 1. The molecule has 0 atom stereocenters. The Morgan fingerprint density at radius 2 is 2.24 bits per heavy atom. The van der Waals surface area contributed by atoms with E-state index in [-0.39, 0.29) is 0 Å². The standard InChI is InChI=1S/C15H18N6/c1-2-20-12-13(11-18-20)6-7-16-14-4-3-5-15(10-14)21-9-8-17-19-21/h3-5,8-12,16H,2,6-7H2,1H3. The second-order valence-corrected chi connectivity index (χ2v) is 4.78. The van der Waals surface area contributed by atoms with Crippen LogP contribution in [0.4, 0.5) is 5.69 Å². The predicted molar refractivity (Wildman–Crippen MR) is 81.5 cm³/mol. The topological polar surface area (TPSA) is 60.6 Å². The van der Waals surface area contributed by atoms with Crippen molar-refractivity contribution in [3.05, 3.63) is 54.6 Å². The molecular weight excluding hydrogens is 264 g/mol. The van der Waals surface area contributed by atoms with E-state index in [1.165, 1.54) is 5.56 Å². The molecule has 21 heavy (non-hydrogen) atoms. The van der Waals surface area contributed by atoms with Crippen LogP contribution in [0.3, 0.4) is 0 Å². The maximum absolute atomic E-state index is 4.28. The highest BCUT2D eigenvalue weighted by molar-refractivity contribution is 5.50. The summed E-state index contributed by atoms with van der Waals surface area (Å²) < 4.78 is 3.69. The largest absolute Gasteiger partial charge is 0.385 e. The number of nitrogens with one attached hydrogen (secondary N) is 1. The van der Waals surface area contributed by atoms with Crippen molar-refractivity contribution in [1.82, 2.24) is 24.8 Å². The van der Waals surface area contributed by atoms with E-state index in [4.69, 9.17) is 0 Å². The van der Waals surface area contributed by atoms with Gasteiger partial charge >= 0.3 is 0 Å². The van der Waals surface area contributed by atoms with Gasteiger partial charge in [-0.25, -0.2) is 4.68 Å². The van der Waals surface area contributed by atoms with Crippen LogP contribution in [0.15, 0.2) is 49.1 Å². The molecule has 2 heterocycles. The van der Waals surface area contributed by atoms with E-state index in [2.05, 4.69) is 46.0 Å². The maximum atomic E-state index is 4.28. The molecule has 0 bridgehead atoms.